The number of anilines is 1. The summed E-state index contributed by atoms with van der Waals surface area (Å²) in [6.45, 7) is 2.56. The van der Waals surface area contributed by atoms with Crippen molar-refractivity contribution in [2.45, 2.75) is 19.5 Å². The fourth-order valence-electron chi connectivity index (χ4n) is 2.13. The fraction of sp³-hybridized carbons (Fsp3) is 0.333. The Morgan fingerprint density at radius 3 is 3.22 bits per heavy atom. The van der Waals surface area contributed by atoms with Crippen LogP contribution in [-0.4, -0.2) is 28.3 Å². The molecule has 0 saturated heterocycles. The molecule has 94 valence electrons. The third kappa shape index (κ3) is 1.70. The summed E-state index contributed by atoms with van der Waals surface area (Å²) in [6.07, 6.45) is 1.76. The average molecular weight is 246 g/mol. The van der Waals surface area contributed by atoms with Gasteiger partial charge in [-0.25, -0.2) is 0 Å². The molecular formula is C12H14N4O2. The second kappa shape index (κ2) is 3.99. The molecule has 2 heterocycles. The Morgan fingerprint density at radius 1 is 1.61 bits per heavy atom. The van der Waals surface area contributed by atoms with Crippen molar-refractivity contribution in [3.8, 4) is 5.75 Å². The zero-order chi connectivity index (χ0) is 12.7. The average Bonchev–Trinajstić information content (AvgIpc) is 2.72. The molecule has 1 amide bonds. The minimum atomic E-state index is -0.149. The number of hydrogen-bond donors (Lipinski definition) is 2. The van der Waals surface area contributed by atoms with Crippen LogP contribution in [0.4, 0.5) is 5.69 Å². The van der Waals surface area contributed by atoms with E-state index < -0.39 is 0 Å². The number of ether oxygens (including phenoxy) is 1. The number of nitrogens with two attached hydrogens (primary N) is 1. The minimum Gasteiger partial charge on any atom is -0.481 e. The van der Waals surface area contributed by atoms with Crippen LogP contribution >= 0.6 is 0 Å². The standard InChI is InChI=1S/C12H14N4O2/c1-7(13)5-16-12-8(4-14-16)2-3-9-11(12)15-10(17)6-18-9/h2-4,7H,5-6,13H2,1H3,(H,15,17)/t7-/m0/s1. The molecule has 0 spiro atoms. The Hall–Kier alpha value is -2.08. The van der Waals surface area contributed by atoms with Gasteiger partial charge in [0.05, 0.1) is 18.3 Å². The normalized spacial score (nSPS) is 16.0. The summed E-state index contributed by atoms with van der Waals surface area (Å²) in [7, 11) is 0. The molecular weight excluding hydrogens is 232 g/mol. The quantitative estimate of drug-likeness (QED) is 0.817. The molecule has 0 radical (unpaired) electrons. The number of nitrogens with zero attached hydrogens (tertiary/aromatic N) is 2. The summed E-state index contributed by atoms with van der Waals surface area (Å²) in [5, 5.41) is 8.09. The molecule has 2 aromatic rings. The molecule has 0 aliphatic carbocycles. The summed E-state index contributed by atoms with van der Waals surface area (Å²) in [4.78, 5) is 11.4. The molecule has 0 bridgehead atoms. The minimum absolute atomic E-state index is 0.0100. The lowest BCUT2D eigenvalue weighted by atomic mass is 10.2. The third-order valence-corrected chi connectivity index (χ3v) is 2.85. The molecule has 3 rings (SSSR count). The molecule has 6 heteroatoms. The Kier molecular flexibility index (Phi) is 2.45. The number of carbonyl (C=O) groups excluding carboxylic acids is 1. The van der Waals surface area contributed by atoms with Gasteiger partial charge in [-0.05, 0) is 19.1 Å². The summed E-state index contributed by atoms with van der Waals surface area (Å²) in [5.41, 5.74) is 7.34. The summed E-state index contributed by atoms with van der Waals surface area (Å²) in [6, 6.07) is 3.76. The highest BCUT2D eigenvalue weighted by Crippen LogP contribution is 2.35. The molecule has 18 heavy (non-hydrogen) atoms. The summed E-state index contributed by atoms with van der Waals surface area (Å²) >= 11 is 0. The highest BCUT2D eigenvalue weighted by molar-refractivity contribution is 6.05. The predicted molar refractivity (Wildman–Crippen MR) is 67.5 cm³/mol. The first kappa shape index (κ1) is 11.0. The van der Waals surface area contributed by atoms with Crippen molar-refractivity contribution in [1.29, 1.82) is 0 Å². The largest absolute Gasteiger partial charge is 0.481 e. The zero-order valence-electron chi connectivity index (χ0n) is 10.0. The number of amides is 1. The Labute approximate surface area is 104 Å². The van der Waals surface area contributed by atoms with E-state index >= 15 is 0 Å². The monoisotopic (exact) mass is 246 g/mol. The number of rotatable bonds is 2. The van der Waals surface area contributed by atoms with Crippen molar-refractivity contribution in [2.75, 3.05) is 11.9 Å². The molecule has 1 aromatic heterocycles. The molecule has 1 aliphatic rings. The first-order chi connectivity index (χ1) is 8.65. The second-order valence-electron chi connectivity index (χ2n) is 4.52. The van der Waals surface area contributed by atoms with Crippen molar-refractivity contribution in [3.63, 3.8) is 0 Å². The maximum atomic E-state index is 11.4. The van der Waals surface area contributed by atoms with Crippen molar-refractivity contribution in [1.82, 2.24) is 9.78 Å². The van der Waals surface area contributed by atoms with E-state index in [1.165, 1.54) is 0 Å². The van der Waals surface area contributed by atoms with Gasteiger partial charge in [-0.1, -0.05) is 0 Å². The van der Waals surface area contributed by atoms with E-state index in [1.54, 1.807) is 10.9 Å². The van der Waals surface area contributed by atoms with Crippen LogP contribution in [0.1, 0.15) is 6.92 Å². The number of aromatic nitrogens is 2. The Bertz CT molecular complexity index is 618. The van der Waals surface area contributed by atoms with Gasteiger partial charge in [0.25, 0.3) is 5.91 Å². The van der Waals surface area contributed by atoms with E-state index in [1.807, 2.05) is 19.1 Å². The van der Waals surface area contributed by atoms with Gasteiger partial charge < -0.3 is 15.8 Å². The van der Waals surface area contributed by atoms with Gasteiger partial charge in [0.2, 0.25) is 0 Å². The van der Waals surface area contributed by atoms with E-state index in [0.29, 0.717) is 18.0 Å². The topological polar surface area (TPSA) is 82.2 Å². The molecule has 1 atom stereocenters. The molecule has 0 fully saturated rings. The van der Waals surface area contributed by atoms with Crippen LogP contribution in [0.2, 0.25) is 0 Å². The highest BCUT2D eigenvalue weighted by Gasteiger charge is 2.21. The SMILES string of the molecule is C[C@H](N)Cn1ncc2ccc3c(c21)NC(=O)CO3. The van der Waals surface area contributed by atoms with E-state index in [4.69, 9.17) is 10.5 Å². The number of hydrogen-bond acceptors (Lipinski definition) is 4. The van der Waals surface area contributed by atoms with E-state index in [2.05, 4.69) is 10.4 Å². The highest BCUT2D eigenvalue weighted by atomic mass is 16.5. The van der Waals surface area contributed by atoms with Crippen LogP contribution in [0.15, 0.2) is 18.3 Å². The molecule has 6 nitrogen and oxygen atoms in total. The van der Waals surface area contributed by atoms with Crippen molar-refractivity contribution in [3.05, 3.63) is 18.3 Å². The van der Waals surface area contributed by atoms with E-state index in [9.17, 15) is 4.79 Å². The van der Waals surface area contributed by atoms with Crippen molar-refractivity contribution >= 4 is 22.5 Å². The zero-order valence-corrected chi connectivity index (χ0v) is 10.0. The van der Waals surface area contributed by atoms with Gasteiger partial charge >= 0.3 is 0 Å². The lowest BCUT2D eigenvalue weighted by Crippen LogP contribution is -2.27. The van der Waals surface area contributed by atoms with Crippen molar-refractivity contribution < 1.29 is 9.53 Å². The van der Waals surface area contributed by atoms with Crippen LogP contribution < -0.4 is 15.8 Å². The van der Waals surface area contributed by atoms with Crippen LogP contribution in [0.5, 0.6) is 5.75 Å². The van der Waals surface area contributed by atoms with Gasteiger partial charge in [-0.3, -0.25) is 9.48 Å². The first-order valence-electron chi connectivity index (χ1n) is 5.82. The fourth-order valence-corrected chi connectivity index (χ4v) is 2.13. The molecule has 0 saturated carbocycles. The van der Waals surface area contributed by atoms with Gasteiger partial charge in [0.15, 0.2) is 6.61 Å². The van der Waals surface area contributed by atoms with Crippen LogP contribution in [0, 0.1) is 0 Å². The summed E-state index contributed by atoms with van der Waals surface area (Å²) < 4.78 is 7.19. The third-order valence-electron chi connectivity index (χ3n) is 2.85. The maximum absolute atomic E-state index is 11.4. The molecule has 1 aliphatic heterocycles. The van der Waals surface area contributed by atoms with Crippen molar-refractivity contribution in [2.24, 2.45) is 5.73 Å². The number of fused-ring (bicyclic) bond motifs is 3. The smallest absolute Gasteiger partial charge is 0.262 e. The van der Waals surface area contributed by atoms with Crippen LogP contribution in [-0.2, 0) is 11.3 Å². The number of benzene rings is 1. The van der Waals surface area contributed by atoms with Crippen LogP contribution in [0.25, 0.3) is 10.9 Å². The predicted octanol–water partition coefficient (Wildman–Crippen LogP) is 0.714. The molecule has 0 unspecified atom stereocenters. The Balaban J connectivity index is 2.19. The lowest BCUT2D eigenvalue weighted by Gasteiger charge is -2.19. The van der Waals surface area contributed by atoms with Gasteiger partial charge in [0, 0.05) is 11.4 Å². The van der Waals surface area contributed by atoms with E-state index in [-0.39, 0.29) is 18.6 Å². The number of carbonyl (C=O) groups is 1. The Morgan fingerprint density at radius 2 is 2.44 bits per heavy atom. The molecule has 1 aromatic carbocycles. The summed E-state index contributed by atoms with van der Waals surface area (Å²) in [5.74, 6) is 0.525. The van der Waals surface area contributed by atoms with Gasteiger partial charge in [-0.15, -0.1) is 0 Å². The molecule has 3 N–H and O–H groups in total. The first-order valence-corrected chi connectivity index (χ1v) is 5.82. The van der Waals surface area contributed by atoms with E-state index in [0.717, 1.165) is 10.9 Å². The van der Waals surface area contributed by atoms with Crippen LogP contribution in [0.3, 0.4) is 0 Å². The number of nitrogens with one attached hydrogen (secondary N) is 1. The maximum Gasteiger partial charge on any atom is 0.262 e. The van der Waals surface area contributed by atoms with Gasteiger partial charge in [0.1, 0.15) is 11.4 Å². The second-order valence-corrected chi connectivity index (χ2v) is 4.52. The lowest BCUT2D eigenvalue weighted by molar-refractivity contribution is -0.118. The van der Waals surface area contributed by atoms with Gasteiger partial charge in [-0.2, -0.15) is 5.10 Å².